The van der Waals surface area contributed by atoms with Gasteiger partial charge in [0.25, 0.3) is 0 Å². The molecule has 0 saturated heterocycles. The maximum atomic E-state index is 3.55. The molecule has 3 heteroatoms. The molecule has 3 nitrogen and oxygen atoms in total. The zero-order valence-electron chi connectivity index (χ0n) is 13.2. The summed E-state index contributed by atoms with van der Waals surface area (Å²) in [6.07, 6.45) is 5.62. The predicted molar refractivity (Wildman–Crippen MR) is 87.4 cm³/mol. The summed E-state index contributed by atoms with van der Waals surface area (Å²) in [7, 11) is 6.42. The molecule has 0 amide bonds. The SMILES string of the molecule is CN(C)c1ccc(CNCCN(C)C2CCCC2)cc1. The summed E-state index contributed by atoms with van der Waals surface area (Å²) in [5.41, 5.74) is 2.62. The number of rotatable bonds is 7. The monoisotopic (exact) mass is 275 g/mol. The van der Waals surface area contributed by atoms with Crippen molar-refractivity contribution in [2.24, 2.45) is 0 Å². The molecule has 1 aliphatic rings. The molecule has 0 radical (unpaired) electrons. The fourth-order valence-corrected chi connectivity index (χ4v) is 2.93. The largest absolute Gasteiger partial charge is 0.378 e. The lowest BCUT2D eigenvalue weighted by molar-refractivity contribution is 0.245. The van der Waals surface area contributed by atoms with Crippen molar-refractivity contribution in [2.45, 2.75) is 38.3 Å². The Balaban J connectivity index is 1.65. The number of likely N-dealkylation sites (N-methyl/N-ethyl adjacent to an activating group) is 1. The Labute approximate surface area is 124 Å². The summed E-state index contributed by atoms with van der Waals surface area (Å²) in [6.45, 7) is 3.19. The van der Waals surface area contributed by atoms with Crippen molar-refractivity contribution in [3.05, 3.63) is 29.8 Å². The van der Waals surface area contributed by atoms with Crippen molar-refractivity contribution in [1.82, 2.24) is 10.2 Å². The fourth-order valence-electron chi connectivity index (χ4n) is 2.93. The maximum absolute atomic E-state index is 3.55. The van der Waals surface area contributed by atoms with Gasteiger partial charge in [0.15, 0.2) is 0 Å². The molecule has 112 valence electrons. The van der Waals surface area contributed by atoms with E-state index in [1.165, 1.54) is 36.9 Å². The number of nitrogens with one attached hydrogen (secondary N) is 1. The molecule has 20 heavy (non-hydrogen) atoms. The predicted octanol–water partition coefficient (Wildman–Crippen LogP) is 2.72. The lowest BCUT2D eigenvalue weighted by Gasteiger charge is -2.24. The van der Waals surface area contributed by atoms with E-state index in [1.54, 1.807) is 0 Å². The molecule has 0 unspecified atom stereocenters. The third-order valence-corrected chi connectivity index (χ3v) is 4.37. The number of hydrogen-bond acceptors (Lipinski definition) is 3. The minimum Gasteiger partial charge on any atom is -0.378 e. The quantitative estimate of drug-likeness (QED) is 0.772. The van der Waals surface area contributed by atoms with E-state index in [1.807, 2.05) is 0 Å². The molecule has 1 fully saturated rings. The zero-order chi connectivity index (χ0) is 14.4. The van der Waals surface area contributed by atoms with Gasteiger partial charge < -0.3 is 15.1 Å². The van der Waals surface area contributed by atoms with E-state index in [0.717, 1.165) is 25.7 Å². The Morgan fingerprint density at radius 3 is 2.30 bits per heavy atom. The second-order valence-corrected chi connectivity index (χ2v) is 6.16. The van der Waals surface area contributed by atoms with Crippen LogP contribution in [0.3, 0.4) is 0 Å². The first-order valence-electron chi connectivity index (χ1n) is 7.84. The fraction of sp³-hybridized carbons (Fsp3) is 0.647. The summed E-state index contributed by atoms with van der Waals surface area (Å²) in [5.74, 6) is 0. The average molecular weight is 275 g/mol. The molecule has 1 aliphatic carbocycles. The highest BCUT2D eigenvalue weighted by molar-refractivity contribution is 5.45. The Bertz CT molecular complexity index is 380. The first kappa shape index (κ1) is 15.3. The topological polar surface area (TPSA) is 18.5 Å². The maximum Gasteiger partial charge on any atom is 0.0361 e. The van der Waals surface area contributed by atoms with E-state index in [2.05, 4.69) is 60.5 Å². The van der Waals surface area contributed by atoms with Gasteiger partial charge in [-0.15, -0.1) is 0 Å². The minimum absolute atomic E-state index is 0.830. The second kappa shape index (κ2) is 7.65. The van der Waals surface area contributed by atoms with Gasteiger partial charge in [0.1, 0.15) is 0 Å². The van der Waals surface area contributed by atoms with Crippen LogP contribution in [-0.2, 0) is 6.54 Å². The van der Waals surface area contributed by atoms with E-state index in [0.29, 0.717) is 0 Å². The Hall–Kier alpha value is -1.06. The number of nitrogens with zero attached hydrogens (tertiary/aromatic N) is 2. The lowest BCUT2D eigenvalue weighted by Crippen LogP contribution is -2.35. The van der Waals surface area contributed by atoms with E-state index < -0.39 is 0 Å². The summed E-state index contributed by atoms with van der Waals surface area (Å²) < 4.78 is 0. The normalized spacial score (nSPS) is 16.0. The first-order chi connectivity index (χ1) is 9.66. The van der Waals surface area contributed by atoms with Crippen molar-refractivity contribution in [2.75, 3.05) is 39.1 Å². The van der Waals surface area contributed by atoms with Gasteiger partial charge in [0.2, 0.25) is 0 Å². The molecule has 1 N–H and O–H groups in total. The van der Waals surface area contributed by atoms with Gasteiger partial charge in [-0.25, -0.2) is 0 Å². The van der Waals surface area contributed by atoms with Crippen molar-refractivity contribution >= 4 is 5.69 Å². The van der Waals surface area contributed by atoms with Crippen LogP contribution >= 0.6 is 0 Å². The van der Waals surface area contributed by atoms with Crippen LogP contribution in [0.4, 0.5) is 5.69 Å². The molecular formula is C17H29N3. The van der Waals surface area contributed by atoms with Gasteiger partial charge in [0.05, 0.1) is 0 Å². The highest BCUT2D eigenvalue weighted by Gasteiger charge is 2.18. The Morgan fingerprint density at radius 2 is 1.70 bits per heavy atom. The minimum atomic E-state index is 0.830. The highest BCUT2D eigenvalue weighted by atomic mass is 15.1. The molecule has 0 aromatic heterocycles. The average Bonchev–Trinajstić information content (AvgIpc) is 2.98. The molecule has 0 atom stereocenters. The molecule has 0 heterocycles. The van der Waals surface area contributed by atoms with Gasteiger partial charge in [-0.2, -0.15) is 0 Å². The number of hydrogen-bond donors (Lipinski definition) is 1. The van der Waals surface area contributed by atoms with Crippen molar-refractivity contribution in [3.63, 3.8) is 0 Å². The zero-order valence-corrected chi connectivity index (χ0v) is 13.2. The third-order valence-electron chi connectivity index (χ3n) is 4.37. The van der Waals surface area contributed by atoms with Gasteiger partial charge in [-0.05, 0) is 37.6 Å². The van der Waals surface area contributed by atoms with Crippen molar-refractivity contribution in [1.29, 1.82) is 0 Å². The van der Waals surface area contributed by atoms with Gasteiger partial charge >= 0.3 is 0 Å². The number of benzene rings is 1. The van der Waals surface area contributed by atoms with E-state index in [4.69, 9.17) is 0 Å². The molecule has 0 aliphatic heterocycles. The third kappa shape index (κ3) is 4.50. The molecule has 2 rings (SSSR count). The van der Waals surface area contributed by atoms with E-state index in [-0.39, 0.29) is 0 Å². The van der Waals surface area contributed by atoms with Crippen LogP contribution in [0.25, 0.3) is 0 Å². The summed E-state index contributed by atoms with van der Waals surface area (Å²) in [5, 5.41) is 3.55. The van der Waals surface area contributed by atoms with Gasteiger partial charge in [0, 0.05) is 45.5 Å². The van der Waals surface area contributed by atoms with Crippen LogP contribution in [0, 0.1) is 0 Å². The molecule has 0 bridgehead atoms. The smallest absolute Gasteiger partial charge is 0.0361 e. The molecular weight excluding hydrogens is 246 g/mol. The van der Waals surface area contributed by atoms with Crippen LogP contribution in [0.1, 0.15) is 31.2 Å². The Kier molecular flexibility index (Phi) is 5.86. The van der Waals surface area contributed by atoms with Gasteiger partial charge in [-0.3, -0.25) is 0 Å². The van der Waals surface area contributed by atoms with Crippen molar-refractivity contribution < 1.29 is 0 Å². The molecule has 1 saturated carbocycles. The highest BCUT2D eigenvalue weighted by Crippen LogP contribution is 2.21. The molecule has 0 spiro atoms. The van der Waals surface area contributed by atoms with Crippen LogP contribution in [0.15, 0.2) is 24.3 Å². The summed E-state index contributed by atoms with van der Waals surface area (Å²) >= 11 is 0. The lowest BCUT2D eigenvalue weighted by atomic mass is 10.2. The summed E-state index contributed by atoms with van der Waals surface area (Å²) in [4.78, 5) is 4.66. The van der Waals surface area contributed by atoms with E-state index >= 15 is 0 Å². The van der Waals surface area contributed by atoms with E-state index in [9.17, 15) is 0 Å². The molecule has 1 aromatic carbocycles. The standard InChI is InChI=1S/C17H29N3/c1-19(2)16-10-8-15(9-11-16)14-18-12-13-20(3)17-6-4-5-7-17/h8-11,17-18H,4-7,12-14H2,1-3H3. The van der Waals surface area contributed by atoms with Crippen LogP contribution in [0.2, 0.25) is 0 Å². The molecule has 1 aromatic rings. The summed E-state index contributed by atoms with van der Waals surface area (Å²) in [6, 6.07) is 9.62. The second-order valence-electron chi connectivity index (χ2n) is 6.16. The van der Waals surface area contributed by atoms with Crippen LogP contribution in [0.5, 0.6) is 0 Å². The van der Waals surface area contributed by atoms with Crippen molar-refractivity contribution in [3.8, 4) is 0 Å². The number of anilines is 1. The van der Waals surface area contributed by atoms with Crippen LogP contribution < -0.4 is 10.2 Å². The van der Waals surface area contributed by atoms with Crippen LogP contribution in [-0.4, -0.2) is 45.2 Å². The first-order valence-corrected chi connectivity index (χ1v) is 7.84. The Morgan fingerprint density at radius 1 is 1.05 bits per heavy atom. The van der Waals surface area contributed by atoms with Gasteiger partial charge in [-0.1, -0.05) is 25.0 Å².